The third-order valence-corrected chi connectivity index (χ3v) is 3.19. The van der Waals surface area contributed by atoms with Crippen LogP contribution in [-0.2, 0) is 6.54 Å². The molecule has 0 spiro atoms. The normalized spacial score (nSPS) is 14.9. The molecule has 0 atom stereocenters. The zero-order valence-corrected chi connectivity index (χ0v) is 10.00. The summed E-state index contributed by atoms with van der Waals surface area (Å²) in [5, 5.41) is 3.80. The van der Waals surface area contributed by atoms with Gasteiger partial charge in [-0.05, 0) is 19.8 Å². The minimum Gasteiger partial charge on any atom is -0.364 e. The van der Waals surface area contributed by atoms with Crippen molar-refractivity contribution in [2.24, 2.45) is 0 Å². The highest BCUT2D eigenvalue weighted by Gasteiger charge is 2.25. The molecule has 2 aromatic heterocycles. The van der Waals surface area contributed by atoms with E-state index in [1.165, 1.54) is 16.9 Å². The van der Waals surface area contributed by atoms with Crippen molar-refractivity contribution >= 4 is 0 Å². The number of aromatic nitrogens is 3. The van der Waals surface area contributed by atoms with Crippen LogP contribution in [0.5, 0.6) is 0 Å². The first-order chi connectivity index (χ1) is 8.66. The van der Waals surface area contributed by atoms with Crippen molar-refractivity contribution in [2.75, 3.05) is 0 Å². The average molecular weight is 247 g/mol. The van der Waals surface area contributed by atoms with Gasteiger partial charge in [-0.25, -0.2) is 4.79 Å². The van der Waals surface area contributed by atoms with Gasteiger partial charge in [0.15, 0.2) is 0 Å². The molecule has 0 saturated heterocycles. The Morgan fingerprint density at radius 2 is 2.22 bits per heavy atom. The van der Waals surface area contributed by atoms with E-state index in [2.05, 4.69) is 5.16 Å². The fourth-order valence-electron chi connectivity index (χ4n) is 1.92. The van der Waals surface area contributed by atoms with Gasteiger partial charge >= 0.3 is 5.69 Å². The van der Waals surface area contributed by atoms with Gasteiger partial charge in [-0.3, -0.25) is 13.9 Å². The van der Waals surface area contributed by atoms with E-state index in [1.807, 2.05) is 6.92 Å². The molecular formula is C12H13N3O3. The van der Waals surface area contributed by atoms with Crippen molar-refractivity contribution in [3.05, 3.63) is 50.6 Å². The lowest BCUT2D eigenvalue weighted by Crippen LogP contribution is -2.39. The molecule has 0 aliphatic heterocycles. The fourth-order valence-corrected chi connectivity index (χ4v) is 1.92. The van der Waals surface area contributed by atoms with Gasteiger partial charge in [0.2, 0.25) is 0 Å². The molecule has 6 heteroatoms. The molecule has 0 aromatic carbocycles. The molecule has 0 radical (unpaired) electrons. The van der Waals surface area contributed by atoms with Gasteiger partial charge in [0, 0.05) is 23.9 Å². The van der Waals surface area contributed by atoms with E-state index >= 15 is 0 Å². The molecule has 0 N–H and O–H groups in total. The van der Waals surface area contributed by atoms with Gasteiger partial charge in [-0.1, -0.05) is 5.16 Å². The fraction of sp³-hybridized carbons (Fsp3) is 0.417. The highest BCUT2D eigenvalue weighted by atomic mass is 16.5. The van der Waals surface area contributed by atoms with Crippen LogP contribution in [0, 0.1) is 6.92 Å². The largest absolute Gasteiger partial charge is 0.364 e. The maximum Gasteiger partial charge on any atom is 0.331 e. The van der Waals surface area contributed by atoms with Gasteiger partial charge in [-0.2, -0.15) is 0 Å². The van der Waals surface area contributed by atoms with Gasteiger partial charge in [-0.15, -0.1) is 0 Å². The lowest BCUT2D eigenvalue weighted by molar-refractivity contribution is 0.407. The van der Waals surface area contributed by atoms with Crippen molar-refractivity contribution < 1.29 is 4.52 Å². The van der Waals surface area contributed by atoms with E-state index in [9.17, 15) is 9.59 Å². The van der Waals surface area contributed by atoms with Gasteiger partial charge < -0.3 is 4.52 Å². The van der Waals surface area contributed by atoms with Gasteiger partial charge in [0.25, 0.3) is 5.56 Å². The predicted molar refractivity (Wildman–Crippen MR) is 63.6 cm³/mol. The van der Waals surface area contributed by atoms with Crippen molar-refractivity contribution in [3.8, 4) is 0 Å². The summed E-state index contributed by atoms with van der Waals surface area (Å²) in [6, 6.07) is 1.68. The van der Waals surface area contributed by atoms with Crippen LogP contribution in [0.15, 0.2) is 32.6 Å². The predicted octanol–water partition coefficient (Wildman–Crippen LogP) is 0.690. The highest BCUT2D eigenvalue weighted by Crippen LogP contribution is 2.32. The topological polar surface area (TPSA) is 70.0 Å². The quantitative estimate of drug-likeness (QED) is 0.800. The van der Waals surface area contributed by atoms with Gasteiger partial charge in [0.1, 0.15) is 12.0 Å². The lowest BCUT2D eigenvalue weighted by Gasteiger charge is -2.07. The maximum absolute atomic E-state index is 12.2. The van der Waals surface area contributed by atoms with Crippen LogP contribution in [0.25, 0.3) is 0 Å². The van der Waals surface area contributed by atoms with E-state index in [0.717, 1.165) is 18.4 Å². The van der Waals surface area contributed by atoms with Crippen LogP contribution in [0.1, 0.15) is 30.1 Å². The maximum atomic E-state index is 12.2. The molecular weight excluding hydrogens is 234 g/mol. The Morgan fingerprint density at radius 3 is 2.83 bits per heavy atom. The molecule has 18 heavy (non-hydrogen) atoms. The zero-order chi connectivity index (χ0) is 12.7. The number of nitrogens with zero attached hydrogens (tertiary/aromatic N) is 3. The van der Waals surface area contributed by atoms with E-state index in [0.29, 0.717) is 5.69 Å². The van der Waals surface area contributed by atoms with E-state index in [-0.39, 0.29) is 23.8 Å². The number of hydrogen-bond acceptors (Lipinski definition) is 4. The van der Waals surface area contributed by atoms with Crippen molar-refractivity contribution in [1.82, 2.24) is 14.3 Å². The van der Waals surface area contributed by atoms with Crippen LogP contribution in [-0.4, -0.2) is 14.3 Å². The first-order valence-corrected chi connectivity index (χ1v) is 5.88. The molecule has 94 valence electrons. The second-order valence-electron chi connectivity index (χ2n) is 4.61. The van der Waals surface area contributed by atoms with Crippen molar-refractivity contribution in [1.29, 1.82) is 0 Å². The van der Waals surface area contributed by atoms with Crippen LogP contribution in [0.3, 0.4) is 0 Å². The Labute approximate surface area is 102 Å². The molecule has 0 amide bonds. The lowest BCUT2D eigenvalue weighted by atomic mass is 10.3. The number of aryl methyl sites for hydroxylation is 1. The molecule has 2 aromatic rings. The Balaban J connectivity index is 2.06. The molecule has 1 aliphatic rings. The van der Waals surface area contributed by atoms with E-state index < -0.39 is 0 Å². The molecule has 1 fully saturated rings. The summed E-state index contributed by atoms with van der Waals surface area (Å²) in [5.41, 5.74) is 0.873. The third-order valence-electron chi connectivity index (χ3n) is 3.19. The average Bonchev–Trinajstić information content (AvgIpc) is 3.09. The van der Waals surface area contributed by atoms with Crippen LogP contribution in [0.2, 0.25) is 0 Å². The number of hydrogen-bond donors (Lipinski definition) is 0. The molecule has 1 saturated carbocycles. The van der Waals surface area contributed by atoms with Crippen LogP contribution >= 0.6 is 0 Å². The van der Waals surface area contributed by atoms with Crippen LogP contribution in [0.4, 0.5) is 0 Å². The van der Waals surface area contributed by atoms with E-state index in [1.54, 1.807) is 10.8 Å². The minimum absolute atomic E-state index is 0.160. The summed E-state index contributed by atoms with van der Waals surface area (Å²) in [7, 11) is 0. The van der Waals surface area contributed by atoms with Crippen LogP contribution < -0.4 is 11.2 Å². The Bertz CT molecular complexity index is 691. The van der Waals surface area contributed by atoms with Gasteiger partial charge in [0.05, 0.1) is 6.54 Å². The summed E-state index contributed by atoms with van der Waals surface area (Å²) in [6.07, 6.45) is 5.08. The molecule has 1 aliphatic carbocycles. The van der Waals surface area contributed by atoms with Crippen molar-refractivity contribution in [3.63, 3.8) is 0 Å². The summed E-state index contributed by atoms with van der Waals surface area (Å²) in [6.45, 7) is 1.99. The molecule has 0 unspecified atom stereocenters. The molecule has 0 bridgehead atoms. The third kappa shape index (κ3) is 1.79. The molecule has 6 nitrogen and oxygen atoms in total. The Morgan fingerprint density at radius 1 is 1.44 bits per heavy atom. The highest BCUT2D eigenvalue weighted by molar-refractivity contribution is 5.12. The first kappa shape index (κ1) is 11.0. The first-order valence-electron chi connectivity index (χ1n) is 5.88. The van der Waals surface area contributed by atoms with Crippen molar-refractivity contribution in [2.45, 2.75) is 32.4 Å². The number of rotatable bonds is 3. The SMILES string of the molecule is Cc1conc1Cn1c(=O)ccn(C2CC2)c1=O. The Kier molecular flexibility index (Phi) is 2.43. The summed E-state index contributed by atoms with van der Waals surface area (Å²) in [4.78, 5) is 23.9. The van der Waals surface area contributed by atoms with E-state index in [4.69, 9.17) is 4.52 Å². The Hall–Kier alpha value is -2.11. The zero-order valence-electron chi connectivity index (χ0n) is 10.00. The monoisotopic (exact) mass is 247 g/mol. The summed E-state index contributed by atoms with van der Waals surface area (Å²) < 4.78 is 7.63. The smallest absolute Gasteiger partial charge is 0.331 e. The second kappa shape index (κ2) is 3.97. The summed E-state index contributed by atoms with van der Waals surface area (Å²) >= 11 is 0. The minimum atomic E-state index is -0.306. The summed E-state index contributed by atoms with van der Waals surface area (Å²) in [5.74, 6) is 0. The standard InChI is InChI=1S/C12H13N3O3/c1-8-7-18-13-10(8)6-15-11(16)4-5-14(12(15)17)9-2-3-9/h4-5,7,9H,2-3,6H2,1H3. The molecule has 3 rings (SSSR count). The molecule has 2 heterocycles. The second-order valence-corrected chi connectivity index (χ2v) is 4.61.